The van der Waals surface area contributed by atoms with Crippen LogP contribution in [0.4, 0.5) is 0 Å². The van der Waals surface area contributed by atoms with E-state index in [9.17, 15) is 9.59 Å². The molecule has 1 amide bonds. The third-order valence-corrected chi connectivity index (χ3v) is 3.66. The number of carboxylic acid groups (broad SMARTS) is 1. The van der Waals surface area contributed by atoms with Crippen LogP contribution in [0.1, 0.15) is 63.1 Å². The second kappa shape index (κ2) is 7.19. The Morgan fingerprint density at radius 1 is 1.43 bits per heavy atom. The fourth-order valence-electron chi connectivity index (χ4n) is 2.60. The smallest absolute Gasteiger partial charge is 0.305 e. The summed E-state index contributed by atoms with van der Waals surface area (Å²) in [5, 5.41) is 15.2. The summed E-state index contributed by atoms with van der Waals surface area (Å²) >= 11 is 0. The van der Waals surface area contributed by atoms with Gasteiger partial charge in [-0.15, -0.1) is 0 Å². The fourth-order valence-corrected chi connectivity index (χ4v) is 2.60. The highest BCUT2D eigenvalue weighted by atomic mass is 16.5. The van der Waals surface area contributed by atoms with Crippen LogP contribution in [-0.2, 0) is 16.0 Å². The van der Waals surface area contributed by atoms with Gasteiger partial charge in [0.15, 0.2) is 5.82 Å². The second-order valence-electron chi connectivity index (χ2n) is 5.59. The van der Waals surface area contributed by atoms with Gasteiger partial charge in [-0.1, -0.05) is 18.0 Å². The van der Waals surface area contributed by atoms with Gasteiger partial charge in [-0.25, -0.2) is 0 Å². The molecule has 7 nitrogen and oxygen atoms in total. The maximum absolute atomic E-state index is 11.7. The van der Waals surface area contributed by atoms with Crippen LogP contribution in [-0.4, -0.2) is 33.2 Å². The molecule has 2 rings (SSSR count). The number of nitrogens with one attached hydrogen (secondary N) is 1. The summed E-state index contributed by atoms with van der Waals surface area (Å²) in [6.07, 6.45) is 5.13. The van der Waals surface area contributed by atoms with Crippen molar-refractivity contribution >= 4 is 11.9 Å². The number of carboxylic acids is 1. The maximum Gasteiger partial charge on any atom is 0.305 e. The van der Waals surface area contributed by atoms with Crippen LogP contribution >= 0.6 is 0 Å². The summed E-state index contributed by atoms with van der Waals surface area (Å²) < 4.78 is 5.16. The molecule has 1 atom stereocenters. The Bertz CT molecular complexity index is 494. The normalized spacial score (nSPS) is 16.8. The molecular weight excluding hydrogens is 274 g/mol. The fraction of sp³-hybridized carbons (Fsp3) is 0.714. The van der Waals surface area contributed by atoms with E-state index in [0.29, 0.717) is 18.2 Å². The van der Waals surface area contributed by atoms with Gasteiger partial charge in [0, 0.05) is 24.8 Å². The van der Waals surface area contributed by atoms with Gasteiger partial charge < -0.3 is 14.9 Å². The average molecular weight is 295 g/mol. The van der Waals surface area contributed by atoms with E-state index in [1.165, 1.54) is 12.8 Å². The van der Waals surface area contributed by atoms with Gasteiger partial charge in [0.1, 0.15) is 0 Å². The number of nitrogens with zero attached hydrogens (tertiary/aromatic N) is 2. The van der Waals surface area contributed by atoms with E-state index in [1.54, 1.807) is 6.92 Å². The molecule has 1 aliphatic rings. The lowest BCUT2D eigenvalue weighted by atomic mass is 10.1. The van der Waals surface area contributed by atoms with Crippen LogP contribution in [0.2, 0.25) is 0 Å². The predicted octanol–water partition coefficient (Wildman–Crippen LogP) is 1.64. The van der Waals surface area contributed by atoms with Crippen LogP contribution in [0.15, 0.2) is 4.52 Å². The number of hydrogen-bond donors (Lipinski definition) is 2. The van der Waals surface area contributed by atoms with Crippen LogP contribution in [0.3, 0.4) is 0 Å². The molecule has 0 bridgehead atoms. The molecule has 116 valence electrons. The van der Waals surface area contributed by atoms with Gasteiger partial charge >= 0.3 is 5.97 Å². The van der Waals surface area contributed by atoms with Crippen molar-refractivity contribution in [2.75, 3.05) is 0 Å². The Morgan fingerprint density at radius 3 is 2.81 bits per heavy atom. The standard InChI is InChI=1S/C14H21N3O4/c1-9(8-13(19)20)15-11(18)6-7-12-16-14(17-21-12)10-4-2-3-5-10/h9-10H,2-8H2,1H3,(H,15,18)(H,19,20). The zero-order valence-corrected chi connectivity index (χ0v) is 12.2. The largest absolute Gasteiger partial charge is 0.481 e. The Kier molecular flexibility index (Phi) is 5.30. The van der Waals surface area contributed by atoms with Crippen molar-refractivity contribution in [2.45, 2.75) is 63.8 Å². The van der Waals surface area contributed by atoms with Crippen molar-refractivity contribution in [2.24, 2.45) is 0 Å². The molecule has 1 aromatic heterocycles. The maximum atomic E-state index is 11.7. The van der Waals surface area contributed by atoms with Gasteiger partial charge in [-0.05, 0) is 19.8 Å². The van der Waals surface area contributed by atoms with Crippen LogP contribution in [0.5, 0.6) is 0 Å². The van der Waals surface area contributed by atoms with Crippen molar-refractivity contribution in [1.29, 1.82) is 0 Å². The first-order chi connectivity index (χ1) is 10.0. The molecule has 1 unspecified atom stereocenters. The minimum absolute atomic E-state index is 0.0852. The minimum Gasteiger partial charge on any atom is -0.481 e. The monoisotopic (exact) mass is 295 g/mol. The van der Waals surface area contributed by atoms with E-state index in [0.717, 1.165) is 18.7 Å². The molecule has 21 heavy (non-hydrogen) atoms. The third-order valence-electron chi connectivity index (χ3n) is 3.66. The van der Waals surface area contributed by atoms with E-state index < -0.39 is 5.97 Å². The number of amides is 1. The number of carbonyl (C=O) groups is 2. The number of aryl methyl sites for hydroxylation is 1. The van der Waals surface area contributed by atoms with Crippen molar-refractivity contribution in [3.05, 3.63) is 11.7 Å². The Balaban J connectivity index is 1.75. The first kappa shape index (κ1) is 15.5. The van der Waals surface area contributed by atoms with E-state index in [4.69, 9.17) is 9.63 Å². The summed E-state index contributed by atoms with van der Waals surface area (Å²) in [5.74, 6) is 0.484. The Hall–Kier alpha value is -1.92. The number of aliphatic carboxylic acids is 1. The van der Waals surface area contributed by atoms with Crippen LogP contribution in [0, 0.1) is 0 Å². The molecule has 1 aromatic rings. The summed E-state index contributed by atoms with van der Waals surface area (Å²) in [5.41, 5.74) is 0. The lowest BCUT2D eigenvalue weighted by molar-refractivity contribution is -0.137. The topological polar surface area (TPSA) is 105 Å². The van der Waals surface area contributed by atoms with Crippen LogP contribution < -0.4 is 5.32 Å². The van der Waals surface area contributed by atoms with E-state index >= 15 is 0 Å². The molecule has 0 radical (unpaired) electrons. The van der Waals surface area contributed by atoms with Crippen molar-refractivity contribution < 1.29 is 19.2 Å². The lowest BCUT2D eigenvalue weighted by Gasteiger charge is -2.10. The molecule has 1 fully saturated rings. The predicted molar refractivity (Wildman–Crippen MR) is 73.7 cm³/mol. The summed E-state index contributed by atoms with van der Waals surface area (Å²) in [7, 11) is 0. The second-order valence-corrected chi connectivity index (χ2v) is 5.59. The molecule has 0 spiro atoms. The quantitative estimate of drug-likeness (QED) is 0.792. The average Bonchev–Trinajstić information content (AvgIpc) is 3.06. The molecule has 0 aromatic carbocycles. The van der Waals surface area contributed by atoms with E-state index in [1.807, 2.05) is 0 Å². The number of rotatable bonds is 7. The van der Waals surface area contributed by atoms with Crippen LogP contribution in [0.25, 0.3) is 0 Å². The molecule has 0 aliphatic heterocycles. The zero-order chi connectivity index (χ0) is 15.2. The van der Waals surface area contributed by atoms with E-state index in [2.05, 4.69) is 15.5 Å². The molecule has 1 saturated carbocycles. The highest BCUT2D eigenvalue weighted by Gasteiger charge is 2.22. The minimum atomic E-state index is -0.930. The third kappa shape index (κ3) is 4.84. The highest BCUT2D eigenvalue weighted by Crippen LogP contribution is 2.32. The summed E-state index contributed by atoms with van der Waals surface area (Å²) in [6.45, 7) is 1.66. The number of carbonyl (C=O) groups excluding carboxylic acids is 1. The van der Waals surface area contributed by atoms with Crippen molar-refractivity contribution in [1.82, 2.24) is 15.5 Å². The first-order valence-electron chi connectivity index (χ1n) is 7.38. The van der Waals surface area contributed by atoms with E-state index in [-0.39, 0.29) is 24.8 Å². The molecule has 1 aliphatic carbocycles. The zero-order valence-electron chi connectivity index (χ0n) is 12.2. The molecule has 2 N–H and O–H groups in total. The SMILES string of the molecule is CC(CC(=O)O)NC(=O)CCc1nc(C2CCCC2)no1. The van der Waals surface area contributed by atoms with Gasteiger partial charge in [0.25, 0.3) is 0 Å². The van der Waals surface area contributed by atoms with Gasteiger partial charge in [-0.3, -0.25) is 9.59 Å². The number of hydrogen-bond acceptors (Lipinski definition) is 5. The van der Waals surface area contributed by atoms with Gasteiger partial charge in [-0.2, -0.15) is 4.98 Å². The Labute approximate surface area is 123 Å². The molecule has 1 heterocycles. The Morgan fingerprint density at radius 2 is 2.14 bits per heavy atom. The van der Waals surface area contributed by atoms with Crippen molar-refractivity contribution in [3.63, 3.8) is 0 Å². The first-order valence-corrected chi connectivity index (χ1v) is 7.38. The van der Waals surface area contributed by atoms with Gasteiger partial charge in [0.2, 0.25) is 11.8 Å². The highest BCUT2D eigenvalue weighted by molar-refractivity contribution is 5.77. The number of aromatic nitrogens is 2. The van der Waals surface area contributed by atoms with Crippen molar-refractivity contribution in [3.8, 4) is 0 Å². The molecule has 0 saturated heterocycles. The summed E-state index contributed by atoms with van der Waals surface area (Å²) in [4.78, 5) is 26.5. The lowest BCUT2D eigenvalue weighted by Crippen LogP contribution is -2.34. The molecule has 7 heteroatoms. The molecular formula is C14H21N3O4. The van der Waals surface area contributed by atoms with Gasteiger partial charge in [0.05, 0.1) is 6.42 Å². The summed E-state index contributed by atoms with van der Waals surface area (Å²) in [6, 6.07) is -0.383.